The Bertz CT molecular complexity index is 738. The number of rotatable bonds is 7. The normalized spacial score (nSPS) is 19.2. The summed E-state index contributed by atoms with van der Waals surface area (Å²) in [5.41, 5.74) is 0.933. The zero-order chi connectivity index (χ0) is 22.1. The fourth-order valence-electron chi connectivity index (χ4n) is 4.22. The van der Waals surface area contributed by atoms with Crippen LogP contribution in [-0.2, 0) is 14.3 Å². The molecule has 2 aliphatic rings. The number of hydrogen-bond acceptors (Lipinski definition) is 5. The molecule has 1 unspecified atom stereocenters. The molecule has 1 aromatic carbocycles. The quantitative estimate of drug-likeness (QED) is 0.239. The molecule has 2 fully saturated rings. The molecule has 2 aliphatic heterocycles. The van der Waals surface area contributed by atoms with E-state index in [2.05, 4.69) is 15.1 Å². The summed E-state index contributed by atoms with van der Waals surface area (Å²) in [6, 6.07) is 6.79. The molecule has 7 nitrogen and oxygen atoms in total. The van der Waals surface area contributed by atoms with E-state index in [9.17, 15) is 9.18 Å². The molecule has 0 radical (unpaired) electrons. The maximum atomic E-state index is 13.9. The van der Waals surface area contributed by atoms with Crippen LogP contribution in [0.5, 0.6) is 0 Å². The van der Waals surface area contributed by atoms with Crippen molar-refractivity contribution in [3.8, 4) is 0 Å². The third-order valence-electron chi connectivity index (χ3n) is 5.88. The van der Waals surface area contributed by atoms with Crippen molar-refractivity contribution in [3.63, 3.8) is 0 Å². The second-order valence-corrected chi connectivity index (χ2v) is 7.93. The molecule has 0 saturated carbocycles. The monoisotopic (exact) mass is 562 g/mol. The molecular weight excluding hydrogens is 526 g/mol. The Labute approximate surface area is 207 Å². The Morgan fingerprint density at radius 3 is 2.59 bits per heavy atom. The van der Waals surface area contributed by atoms with Gasteiger partial charge in [-0.1, -0.05) is 12.1 Å². The van der Waals surface area contributed by atoms with E-state index in [1.54, 1.807) is 12.1 Å². The highest BCUT2D eigenvalue weighted by atomic mass is 127. The maximum Gasteiger partial charge on any atom is 0.309 e. The van der Waals surface area contributed by atoms with Crippen molar-refractivity contribution in [1.82, 2.24) is 15.1 Å². The van der Waals surface area contributed by atoms with E-state index in [-0.39, 0.29) is 47.7 Å². The van der Waals surface area contributed by atoms with E-state index in [1.165, 1.54) is 6.07 Å². The Balaban J connectivity index is 0.00000363. The highest BCUT2D eigenvalue weighted by molar-refractivity contribution is 14.0. The Morgan fingerprint density at radius 2 is 1.97 bits per heavy atom. The van der Waals surface area contributed by atoms with Gasteiger partial charge in [0.2, 0.25) is 0 Å². The minimum absolute atomic E-state index is 0. The summed E-state index contributed by atoms with van der Waals surface area (Å²) >= 11 is 0. The summed E-state index contributed by atoms with van der Waals surface area (Å²) < 4.78 is 24.6. The van der Waals surface area contributed by atoms with Crippen molar-refractivity contribution < 1.29 is 18.7 Å². The van der Waals surface area contributed by atoms with Crippen molar-refractivity contribution in [2.45, 2.75) is 32.7 Å². The predicted octanol–water partition coefficient (Wildman–Crippen LogP) is 3.06. The second kappa shape index (κ2) is 13.9. The first-order valence-corrected chi connectivity index (χ1v) is 11.4. The highest BCUT2D eigenvalue weighted by Gasteiger charge is 2.28. The number of nitrogens with one attached hydrogen (secondary N) is 1. The van der Waals surface area contributed by atoms with Gasteiger partial charge in [0.05, 0.1) is 38.3 Å². The van der Waals surface area contributed by atoms with Gasteiger partial charge in [0.25, 0.3) is 0 Å². The first-order valence-electron chi connectivity index (χ1n) is 11.4. The summed E-state index contributed by atoms with van der Waals surface area (Å²) in [7, 11) is 0. The van der Waals surface area contributed by atoms with E-state index in [1.807, 2.05) is 19.9 Å². The van der Waals surface area contributed by atoms with Crippen molar-refractivity contribution >= 4 is 35.9 Å². The van der Waals surface area contributed by atoms with E-state index in [0.29, 0.717) is 26.4 Å². The molecule has 1 N–H and O–H groups in total. The van der Waals surface area contributed by atoms with E-state index in [4.69, 9.17) is 14.5 Å². The van der Waals surface area contributed by atoms with Gasteiger partial charge in [-0.15, -0.1) is 24.0 Å². The molecule has 0 bridgehead atoms. The van der Waals surface area contributed by atoms with Crippen LogP contribution in [-0.4, -0.2) is 80.8 Å². The highest BCUT2D eigenvalue weighted by Crippen LogP contribution is 2.24. The number of carbonyl (C=O) groups is 1. The molecule has 2 saturated heterocycles. The fourth-order valence-corrected chi connectivity index (χ4v) is 4.22. The first-order chi connectivity index (χ1) is 15.1. The topological polar surface area (TPSA) is 66.4 Å². The van der Waals surface area contributed by atoms with Crippen molar-refractivity contribution in [2.24, 2.45) is 10.9 Å². The van der Waals surface area contributed by atoms with Gasteiger partial charge in [-0.2, -0.15) is 0 Å². The number of hydrogen-bond donors (Lipinski definition) is 1. The molecule has 3 rings (SSSR count). The van der Waals surface area contributed by atoms with Crippen LogP contribution in [0.25, 0.3) is 0 Å². The van der Waals surface area contributed by atoms with Gasteiger partial charge in [-0.25, -0.2) is 4.39 Å². The van der Waals surface area contributed by atoms with Gasteiger partial charge in [-0.3, -0.25) is 14.7 Å². The standard InChI is InChI=1S/C23H35FN4O3.HI/c1-3-25-23(28-10-8-18(9-11-28)22(29)31-4-2)26-17-21(27-12-14-30-15-13-27)19-6-5-7-20(24)16-19;/h5-7,16,18,21H,3-4,8-15,17H2,1-2H3,(H,25,26);1H. The van der Waals surface area contributed by atoms with Gasteiger partial charge < -0.3 is 19.7 Å². The van der Waals surface area contributed by atoms with Crippen molar-refractivity contribution in [2.75, 3.05) is 59.1 Å². The molecule has 1 aromatic rings. The van der Waals surface area contributed by atoms with Gasteiger partial charge in [0, 0.05) is 32.7 Å². The number of ether oxygens (including phenoxy) is 2. The summed E-state index contributed by atoms with van der Waals surface area (Å²) in [5, 5.41) is 3.39. The average Bonchev–Trinajstić information content (AvgIpc) is 2.79. The minimum Gasteiger partial charge on any atom is -0.466 e. The number of carbonyl (C=O) groups excluding carboxylic acids is 1. The van der Waals surface area contributed by atoms with Crippen LogP contribution in [0.1, 0.15) is 38.3 Å². The van der Waals surface area contributed by atoms with Gasteiger partial charge >= 0.3 is 5.97 Å². The maximum absolute atomic E-state index is 13.9. The molecule has 0 aromatic heterocycles. The van der Waals surface area contributed by atoms with Crippen molar-refractivity contribution in [3.05, 3.63) is 35.6 Å². The zero-order valence-electron chi connectivity index (χ0n) is 19.1. The van der Waals surface area contributed by atoms with Crippen molar-refractivity contribution in [1.29, 1.82) is 0 Å². The molecule has 180 valence electrons. The number of piperidine rings is 1. The lowest BCUT2D eigenvalue weighted by molar-refractivity contribution is -0.149. The zero-order valence-corrected chi connectivity index (χ0v) is 21.4. The summed E-state index contributed by atoms with van der Waals surface area (Å²) in [4.78, 5) is 21.5. The Morgan fingerprint density at radius 1 is 1.25 bits per heavy atom. The van der Waals surface area contributed by atoms with Crippen LogP contribution in [0.3, 0.4) is 0 Å². The lowest BCUT2D eigenvalue weighted by Crippen LogP contribution is -2.47. The van der Waals surface area contributed by atoms with Gasteiger partial charge in [-0.05, 0) is 44.4 Å². The number of likely N-dealkylation sites (tertiary alicyclic amines) is 1. The van der Waals surface area contributed by atoms with Crippen LogP contribution in [0.2, 0.25) is 0 Å². The Kier molecular flexibility index (Phi) is 11.7. The third kappa shape index (κ3) is 7.55. The molecular formula is C23H36FIN4O3. The average molecular weight is 562 g/mol. The van der Waals surface area contributed by atoms with E-state index >= 15 is 0 Å². The van der Waals surface area contributed by atoms with Crippen LogP contribution in [0.4, 0.5) is 4.39 Å². The molecule has 1 atom stereocenters. The molecule has 9 heteroatoms. The van der Waals surface area contributed by atoms with Gasteiger partial charge in [0.15, 0.2) is 5.96 Å². The first kappa shape index (κ1) is 26.8. The Hall–Kier alpha value is -1.46. The third-order valence-corrected chi connectivity index (χ3v) is 5.88. The molecule has 2 heterocycles. The van der Waals surface area contributed by atoms with E-state index in [0.717, 1.165) is 57.1 Å². The lowest BCUT2D eigenvalue weighted by atomic mass is 9.97. The lowest BCUT2D eigenvalue weighted by Gasteiger charge is -2.36. The number of halogens is 2. The second-order valence-electron chi connectivity index (χ2n) is 7.93. The number of guanidine groups is 1. The largest absolute Gasteiger partial charge is 0.466 e. The minimum atomic E-state index is -0.229. The smallest absolute Gasteiger partial charge is 0.309 e. The molecule has 32 heavy (non-hydrogen) atoms. The van der Waals surface area contributed by atoms with Gasteiger partial charge in [0.1, 0.15) is 5.82 Å². The van der Waals surface area contributed by atoms with Crippen LogP contribution < -0.4 is 5.32 Å². The van der Waals surface area contributed by atoms with Crippen LogP contribution >= 0.6 is 24.0 Å². The number of nitrogens with zero attached hydrogens (tertiary/aromatic N) is 3. The molecule has 0 spiro atoms. The summed E-state index contributed by atoms with van der Waals surface area (Å²) in [6.07, 6.45) is 1.53. The number of aliphatic imine (C=N–C) groups is 1. The SMILES string of the molecule is CCNC(=NCC(c1cccc(F)c1)N1CCOCC1)N1CCC(C(=O)OCC)CC1.I. The number of benzene rings is 1. The summed E-state index contributed by atoms with van der Waals surface area (Å²) in [6.45, 7) is 10.1. The van der Waals surface area contributed by atoms with E-state index < -0.39 is 0 Å². The predicted molar refractivity (Wildman–Crippen MR) is 134 cm³/mol. The molecule has 0 aliphatic carbocycles. The number of morpholine rings is 1. The number of esters is 1. The molecule has 0 amide bonds. The summed E-state index contributed by atoms with van der Waals surface area (Å²) in [5.74, 6) is 0.488. The van der Waals surface area contributed by atoms with Crippen LogP contribution in [0.15, 0.2) is 29.3 Å². The fraction of sp³-hybridized carbons (Fsp3) is 0.652. The van der Waals surface area contributed by atoms with Crippen LogP contribution in [0, 0.1) is 11.7 Å².